The number of nitrogens with zero attached hydrogens (tertiary/aromatic N) is 4. The van der Waals surface area contributed by atoms with Gasteiger partial charge < -0.3 is 42.4 Å². The van der Waals surface area contributed by atoms with E-state index in [0.717, 1.165) is 4.47 Å². The van der Waals surface area contributed by atoms with Gasteiger partial charge in [-0.25, -0.2) is 9.98 Å². The maximum absolute atomic E-state index is 13.6. The number of aliphatic hydroxyl groups excluding tert-OH is 1. The van der Waals surface area contributed by atoms with E-state index in [-0.39, 0.29) is 29.7 Å². The van der Waals surface area contributed by atoms with Crippen LogP contribution in [0, 0.1) is 17.8 Å². The topological polar surface area (TPSA) is 172 Å². The number of fused-ring (bicyclic) bond motifs is 4. The second-order valence-corrected chi connectivity index (χ2v) is 9.98. The molecule has 6 rings (SSSR count). The number of aromatic nitrogens is 1. The van der Waals surface area contributed by atoms with Gasteiger partial charge in [0.2, 0.25) is 0 Å². The Kier molecular flexibility index (Phi) is 3.50. The monoisotopic (exact) mass is 497 g/mol. The predicted octanol–water partition coefficient (Wildman–Crippen LogP) is -1.76. The zero-order valence-electron chi connectivity index (χ0n) is 15.7. The van der Waals surface area contributed by atoms with Gasteiger partial charge in [-0.3, -0.25) is 4.79 Å². The number of halogens is 2. The lowest BCUT2D eigenvalue weighted by Gasteiger charge is -2.51. The number of aliphatic hydroxyl groups is 1. The highest BCUT2D eigenvalue weighted by molar-refractivity contribution is 9.10. The van der Waals surface area contributed by atoms with Crippen molar-refractivity contribution in [3.63, 3.8) is 0 Å². The van der Waals surface area contributed by atoms with E-state index in [2.05, 4.69) is 36.5 Å². The molecular formula is C17H21BrClN9O2. The van der Waals surface area contributed by atoms with Gasteiger partial charge in [0, 0.05) is 23.1 Å². The third kappa shape index (κ3) is 1.84. The Labute approximate surface area is 184 Å². The van der Waals surface area contributed by atoms with Crippen LogP contribution in [-0.2, 0) is 0 Å². The molecule has 1 aromatic heterocycles. The number of guanidine groups is 2. The van der Waals surface area contributed by atoms with Gasteiger partial charge in [-0.15, -0.1) is 11.6 Å². The molecule has 1 saturated carbocycles. The summed E-state index contributed by atoms with van der Waals surface area (Å²) in [4.78, 5) is 24.1. The second kappa shape index (κ2) is 5.61. The van der Waals surface area contributed by atoms with Crippen LogP contribution in [0.15, 0.2) is 26.7 Å². The number of rotatable bonds is 1. The first-order valence-corrected chi connectivity index (χ1v) is 10.9. The van der Waals surface area contributed by atoms with Crippen molar-refractivity contribution in [2.75, 3.05) is 13.1 Å². The van der Waals surface area contributed by atoms with E-state index < -0.39 is 34.9 Å². The van der Waals surface area contributed by atoms with Crippen molar-refractivity contribution < 1.29 is 9.90 Å². The molecule has 5 aliphatic rings. The highest BCUT2D eigenvalue weighted by atomic mass is 79.9. The zero-order chi connectivity index (χ0) is 21.2. The summed E-state index contributed by atoms with van der Waals surface area (Å²) in [5.74, 6) is -0.530. The largest absolute Gasteiger partial charge is 0.370 e. The standard InChI is InChI=1S/C17H21BrClN9O2/c18-5-1-8-11(29)28-4-7-6(2-20)10(19)16(13(30)24-15(22)25-16)9(7)17(28)12(27(8)3-5)23-14(21)26-17/h1,3,6-7,9-10,12-13,30H,2,4,20H2,(H3,21,23,26)(H3,22,24,25)/t6-,7+,9+,10-,12+,13-,16+,17-/m1/s1. The van der Waals surface area contributed by atoms with Crippen molar-refractivity contribution in [2.45, 2.75) is 29.0 Å². The number of hydrogen-bond donors (Lipinski definition) is 6. The molecule has 1 aliphatic carbocycles. The Morgan fingerprint density at radius 3 is 2.73 bits per heavy atom. The third-order valence-corrected chi connectivity index (χ3v) is 8.59. The first-order chi connectivity index (χ1) is 14.3. The smallest absolute Gasteiger partial charge is 0.272 e. The first kappa shape index (κ1) is 18.7. The maximum Gasteiger partial charge on any atom is 0.272 e. The Hall–Kier alpha value is -2.02. The summed E-state index contributed by atoms with van der Waals surface area (Å²) in [5.41, 5.74) is 16.6. The number of nitrogens with one attached hydrogen (secondary N) is 2. The molecule has 0 unspecified atom stereocenters. The highest BCUT2D eigenvalue weighted by Gasteiger charge is 2.79. The van der Waals surface area contributed by atoms with Crippen LogP contribution in [-0.4, -0.2) is 68.3 Å². The van der Waals surface area contributed by atoms with Crippen molar-refractivity contribution in [1.29, 1.82) is 0 Å². The van der Waals surface area contributed by atoms with Crippen molar-refractivity contribution >= 4 is 45.4 Å². The Morgan fingerprint density at radius 2 is 2.07 bits per heavy atom. The molecule has 1 amide bonds. The minimum atomic E-state index is -1.20. The molecule has 13 heteroatoms. The predicted molar refractivity (Wildman–Crippen MR) is 112 cm³/mol. The number of hydrogen-bond acceptors (Lipinski definition) is 9. The minimum Gasteiger partial charge on any atom is -0.370 e. The quantitative estimate of drug-likeness (QED) is 0.249. The first-order valence-electron chi connectivity index (χ1n) is 9.70. The van der Waals surface area contributed by atoms with Gasteiger partial charge in [0.05, 0.1) is 5.38 Å². The molecule has 4 aliphatic heterocycles. The van der Waals surface area contributed by atoms with Crippen molar-refractivity contribution in [1.82, 2.24) is 20.1 Å². The molecule has 1 saturated heterocycles. The number of aliphatic imine (C=N–C) groups is 2. The average molecular weight is 499 g/mol. The maximum atomic E-state index is 13.6. The molecule has 30 heavy (non-hydrogen) atoms. The van der Waals surface area contributed by atoms with Crippen LogP contribution in [0.2, 0.25) is 0 Å². The van der Waals surface area contributed by atoms with Crippen LogP contribution in [0.4, 0.5) is 0 Å². The van der Waals surface area contributed by atoms with E-state index in [4.69, 9.17) is 28.8 Å². The van der Waals surface area contributed by atoms with Gasteiger partial charge in [0.15, 0.2) is 30.0 Å². The summed E-state index contributed by atoms with van der Waals surface area (Å²) in [6, 6.07) is 1.77. The Morgan fingerprint density at radius 1 is 1.33 bits per heavy atom. The summed E-state index contributed by atoms with van der Waals surface area (Å²) in [5, 5.41) is 16.9. The van der Waals surface area contributed by atoms with E-state index in [0.29, 0.717) is 18.8 Å². The minimum absolute atomic E-state index is 0.106. The third-order valence-electron chi connectivity index (χ3n) is 7.47. The van der Waals surface area contributed by atoms with E-state index in [1.54, 1.807) is 11.0 Å². The molecule has 2 spiro atoms. The molecule has 0 bridgehead atoms. The summed E-state index contributed by atoms with van der Waals surface area (Å²) >= 11 is 10.4. The van der Waals surface area contributed by atoms with E-state index in [9.17, 15) is 9.90 Å². The fraction of sp³-hybridized carbons (Fsp3) is 0.588. The molecule has 1 aromatic rings. The lowest BCUT2D eigenvalue weighted by atomic mass is 9.73. The van der Waals surface area contributed by atoms with Crippen LogP contribution >= 0.6 is 27.5 Å². The number of nitrogens with two attached hydrogens (primary N) is 3. The second-order valence-electron chi connectivity index (χ2n) is 8.59. The Balaban J connectivity index is 1.60. The Bertz CT molecular complexity index is 1040. The number of alkyl halides is 1. The highest BCUT2D eigenvalue weighted by Crippen LogP contribution is 2.63. The fourth-order valence-electron chi connectivity index (χ4n) is 6.57. The summed E-state index contributed by atoms with van der Waals surface area (Å²) in [6.45, 7) is 0.697. The van der Waals surface area contributed by atoms with Gasteiger partial charge in [0.1, 0.15) is 11.2 Å². The van der Waals surface area contributed by atoms with Crippen LogP contribution in [0.25, 0.3) is 0 Å². The molecular weight excluding hydrogens is 478 g/mol. The zero-order valence-corrected chi connectivity index (χ0v) is 18.0. The van der Waals surface area contributed by atoms with Crippen LogP contribution in [0.1, 0.15) is 16.7 Å². The number of carbonyl (C=O) groups is 1. The molecule has 160 valence electrons. The number of amides is 1. The molecule has 11 nitrogen and oxygen atoms in total. The van der Waals surface area contributed by atoms with Crippen molar-refractivity contribution in [2.24, 2.45) is 44.9 Å². The molecule has 0 radical (unpaired) electrons. The fourth-order valence-corrected chi connectivity index (χ4v) is 7.60. The van der Waals surface area contributed by atoms with Gasteiger partial charge in [0.25, 0.3) is 5.91 Å². The van der Waals surface area contributed by atoms with Crippen molar-refractivity contribution in [3.05, 3.63) is 22.4 Å². The van der Waals surface area contributed by atoms with Gasteiger partial charge in [-0.05, 0) is 40.4 Å². The van der Waals surface area contributed by atoms with Gasteiger partial charge in [-0.2, -0.15) is 0 Å². The summed E-state index contributed by atoms with van der Waals surface area (Å²) < 4.78 is 2.58. The summed E-state index contributed by atoms with van der Waals surface area (Å²) in [7, 11) is 0. The van der Waals surface area contributed by atoms with E-state index in [1.807, 2.05) is 10.8 Å². The normalized spacial score (nSPS) is 45.5. The average Bonchev–Trinajstić information content (AvgIpc) is 3.42. The van der Waals surface area contributed by atoms with Crippen molar-refractivity contribution in [3.8, 4) is 0 Å². The molecule has 0 aromatic carbocycles. The van der Waals surface area contributed by atoms with E-state index >= 15 is 0 Å². The van der Waals surface area contributed by atoms with Crippen LogP contribution in [0.3, 0.4) is 0 Å². The summed E-state index contributed by atoms with van der Waals surface area (Å²) in [6.07, 6.45) is 0.0765. The SMILES string of the molecule is NC[C@@H]1[C@@H]2CN3C(=O)c4cc(Br)cn4[C@@H]4N=C(N)N[C@@]43[C@@H]2[C@]2(NC(N)=N[C@@H]2O)[C@@H]1Cl. The van der Waals surface area contributed by atoms with Crippen LogP contribution in [0.5, 0.6) is 0 Å². The number of carbonyl (C=O) groups excluding carboxylic acids is 1. The lowest BCUT2D eigenvalue weighted by molar-refractivity contribution is -0.0269. The van der Waals surface area contributed by atoms with E-state index in [1.165, 1.54) is 0 Å². The lowest BCUT2D eigenvalue weighted by Crippen LogP contribution is -2.74. The van der Waals surface area contributed by atoms with Gasteiger partial charge >= 0.3 is 0 Å². The molecule has 5 heterocycles. The molecule has 2 fully saturated rings. The molecule has 8 atom stereocenters. The van der Waals surface area contributed by atoms with Gasteiger partial charge in [-0.1, -0.05) is 0 Å². The molecule has 9 N–H and O–H groups in total. The van der Waals surface area contributed by atoms with Crippen LogP contribution < -0.4 is 27.8 Å².